The number of hydrogen-bond donors (Lipinski definition) is 0. The number of hydrogen-bond acceptors (Lipinski definition) is 2. The first kappa shape index (κ1) is 5.76. The summed E-state index contributed by atoms with van der Waals surface area (Å²) in [6, 6.07) is 0. The molecule has 0 amide bonds. The molecule has 0 saturated carbocycles. The highest BCUT2D eigenvalue weighted by Gasteiger charge is 2.47. The van der Waals surface area contributed by atoms with Crippen molar-refractivity contribution in [2.24, 2.45) is 0 Å². The second kappa shape index (κ2) is 1.55. The Morgan fingerprint density at radius 3 is 2.38 bits per heavy atom. The van der Waals surface area contributed by atoms with E-state index in [2.05, 4.69) is 0 Å². The van der Waals surface area contributed by atoms with Crippen molar-refractivity contribution in [3.05, 3.63) is 0 Å². The maximum absolute atomic E-state index is 10.6. The van der Waals surface area contributed by atoms with Gasteiger partial charge in [0.1, 0.15) is 5.60 Å². The Bertz CT molecular complexity index is 114. The van der Waals surface area contributed by atoms with Crippen LogP contribution in [-0.2, 0) is 9.53 Å². The first-order chi connectivity index (χ1) is 3.71. The van der Waals surface area contributed by atoms with Crippen molar-refractivity contribution in [3.8, 4) is 0 Å². The van der Waals surface area contributed by atoms with Gasteiger partial charge in [-0.2, -0.15) is 0 Å². The molecule has 0 aromatic carbocycles. The van der Waals surface area contributed by atoms with E-state index in [1.165, 1.54) is 0 Å². The number of ketones is 1. The van der Waals surface area contributed by atoms with Gasteiger partial charge in [0.25, 0.3) is 0 Å². The summed E-state index contributed by atoms with van der Waals surface area (Å²) >= 11 is 0. The highest BCUT2D eigenvalue weighted by atomic mass is 16.6. The lowest BCUT2D eigenvalue weighted by Crippen LogP contribution is -2.19. The van der Waals surface area contributed by atoms with E-state index in [9.17, 15) is 4.79 Å². The lowest BCUT2D eigenvalue weighted by atomic mass is 10.0. The quantitative estimate of drug-likeness (QED) is 0.496. The van der Waals surface area contributed by atoms with Crippen LogP contribution in [0, 0.1) is 0 Å². The summed E-state index contributed by atoms with van der Waals surface area (Å²) in [6.07, 6.45) is 0.822. The van der Waals surface area contributed by atoms with E-state index in [1.54, 1.807) is 6.92 Å². The Morgan fingerprint density at radius 2 is 2.38 bits per heavy atom. The van der Waals surface area contributed by atoms with Gasteiger partial charge in [-0.05, 0) is 13.3 Å². The minimum atomic E-state index is -0.347. The summed E-state index contributed by atoms with van der Waals surface area (Å²) in [7, 11) is 0. The van der Waals surface area contributed by atoms with Crippen LogP contribution in [0.4, 0.5) is 0 Å². The number of Topliss-reactive ketones (excluding diaryl/α,β-unsaturated/α-hetero) is 1. The smallest absolute Gasteiger partial charge is 0.163 e. The summed E-state index contributed by atoms with van der Waals surface area (Å²) < 4.78 is 4.96. The van der Waals surface area contributed by atoms with Gasteiger partial charge in [0.05, 0.1) is 6.61 Å². The summed E-state index contributed by atoms with van der Waals surface area (Å²) in [6.45, 7) is 4.18. The van der Waals surface area contributed by atoms with Crippen LogP contribution >= 0.6 is 0 Å². The van der Waals surface area contributed by atoms with Crippen LogP contribution in [0.15, 0.2) is 0 Å². The zero-order chi connectivity index (χ0) is 6.20. The minimum absolute atomic E-state index is 0.167. The molecule has 0 bridgehead atoms. The van der Waals surface area contributed by atoms with E-state index >= 15 is 0 Å². The number of epoxide rings is 1. The zero-order valence-electron chi connectivity index (χ0n) is 5.23. The average molecular weight is 114 g/mol. The second-order valence-electron chi connectivity index (χ2n) is 2.19. The maximum atomic E-state index is 10.6. The topological polar surface area (TPSA) is 29.6 Å². The van der Waals surface area contributed by atoms with Crippen LogP contribution in [0.3, 0.4) is 0 Å². The maximum Gasteiger partial charge on any atom is 0.163 e. The molecule has 0 aromatic heterocycles. The molecule has 1 fully saturated rings. The van der Waals surface area contributed by atoms with Crippen LogP contribution < -0.4 is 0 Å². The predicted octanol–water partition coefficient (Wildman–Crippen LogP) is 0.754. The van der Waals surface area contributed by atoms with E-state index in [0.29, 0.717) is 6.61 Å². The summed E-state index contributed by atoms with van der Waals surface area (Å²) in [5.74, 6) is 0.167. The third-order valence-electron chi connectivity index (χ3n) is 1.71. The Balaban J connectivity index is 2.53. The number of carbonyl (C=O) groups excluding carboxylic acids is 1. The molecule has 2 nitrogen and oxygen atoms in total. The molecule has 46 valence electrons. The van der Waals surface area contributed by atoms with Crippen molar-refractivity contribution < 1.29 is 9.53 Å². The highest BCUT2D eigenvalue weighted by Crippen LogP contribution is 2.30. The molecule has 8 heavy (non-hydrogen) atoms. The monoisotopic (exact) mass is 114 g/mol. The van der Waals surface area contributed by atoms with E-state index < -0.39 is 0 Å². The predicted molar refractivity (Wildman–Crippen MR) is 29.7 cm³/mol. The van der Waals surface area contributed by atoms with Crippen LogP contribution in [0.1, 0.15) is 20.3 Å². The van der Waals surface area contributed by atoms with Gasteiger partial charge in [0.15, 0.2) is 5.78 Å². The Morgan fingerprint density at radius 1 is 1.88 bits per heavy atom. The molecule has 0 aromatic rings. The van der Waals surface area contributed by atoms with E-state index in [1.807, 2.05) is 6.92 Å². The normalized spacial score (nSPS) is 34.8. The van der Waals surface area contributed by atoms with Gasteiger partial charge in [0, 0.05) is 0 Å². The largest absolute Gasteiger partial charge is 0.361 e. The number of ether oxygens (including phenoxy) is 1. The molecule has 1 heterocycles. The zero-order valence-corrected chi connectivity index (χ0v) is 5.23. The molecule has 0 aliphatic carbocycles. The van der Waals surface area contributed by atoms with Gasteiger partial charge in [-0.1, -0.05) is 6.92 Å². The summed E-state index contributed by atoms with van der Waals surface area (Å²) in [5.41, 5.74) is -0.347. The van der Waals surface area contributed by atoms with E-state index in [0.717, 1.165) is 6.42 Å². The standard InChI is InChI=1S/C6H10O2/c1-3-6(4-8-6)5(2)7/h3-4H2,1-2H3. The average Bonchev–Trinajstić information content (AvgIpc) is 2.44. The van der Waals surface area contributed by atoms with Crippen LogP contribution in [-0.4, -0.2) is 18.0 Å². The van der Waals surface area contributed by atoms with E-state index in [4.69, 9.17) is 4.74 Å². The molecule has 2 heteroatoms. The lowest BCUT2D eigenvalue weighted by Gasteiger charge is -1.99. The molecule has 1 atom stereocenters. The minimum Gasteiger partial charge on any atom is -0.361 e. The molecule has 1 aliphatic rings. The molecule has 1 rings (SSSR count). The van der Waals surface area contributed by atoms with Gasteiger partial charge >= 0.3 is 0 Å². The van der Waals surface area contributed by atoms with Gasteiger partial charge in [-0.15, -0.1) is 0 Å². The molecule has 1 saturated heterocycles. The van der Waals surface area contributed by atoms with E-state index in [-0.39, 0.29) is 11.4 Å². The van der Waals surface area contributed by atoms with Crippen molar-refractivity contribution >= 4 is 5.78 Å². The lowest BCUT2D eigenvalue weighted by molar-refractivity contribution is -0.122. The first-order valence-corrected chi connectivity index (χ1v) is 2.86. The fourth-order valence-electron chi connectivity index (χ4n) is 0.743. The third-order valence-corrected chi connectivity index (χ3v) is 1.71. The molecule has 0 radical (unpaired) electrons. The first-order valence-electron chi connectivity index (χ1n) is 2.86. The Hall–Kier alpha value is -0.370. The van der Waals surface area contributed by atoms with Crippen molar-refractivity contribution in [1.29, 1.82) is 0 Å². The SMILES string of the molecule is CCC1(C(C)=O)CO1. The van der Waals surface area contributed by atoms with Gasteiger partial charge in [0.2, 0.25) is 0 Å². The summed E-state index contributed by atoms with van der Waals surface area (Å²) in [4.78, 5) is 10.6. The van der Waals surface area contributed by atoms with Crippen LogP contribution in [0.2, 0.25) is 0 Å². The van der Waals surface area contributed by atoms with Crippen molar-refractivity contribution in [2.75, 3.05) is 6.61 Å². The molecular weight excluding hydrogens is 104 g/mol. The molecule has 0 N–H and O–H groups in total. The fourth-order valence-corrected chi connectivity index (χ4v) is 0.743. The number of rotatable bonds is 2. The van der Waals surface area contributed by atoms with Crippen molar-refractivity contribution in [3.63, 3.8) is 0 Å². The Kier molecular flexibility index (Phi) is 1.12. The number of carbonyl (C=O) groups is 1. The third kappa shape index (κ3) is 0.650. The molecule has 0 spiro atoms. The Labute approximate surface area is 48.8 Å². The second-order valence-corrected chi connectivity index (χ2v) is 2.19. The van der Waals surface area contributed by atoms with Gasteiger partial charge in [-0.3, -0.25) is 4.79 Å². The van der Waals surface area contributed by atoms with Gasteiger partial charge in [-0.25, -0.2) is 0 Å². The fraction of sp³-hybridized carbons (Fsp3) is 0.833. The molecular formula is C6H10O2. The highest BCUT2D eigenvalue weighted by molar-refractivity contribution is 5.87. The van der Waals surface area contributed by atoms with Crippen molar-refractivity contribution in [2.45, 2.75) is 25.9 Å². The van der Waals surface area contributed by atoms with Gasteiger partial charge < -0.3 is 4.74 Å². The van der Waals surface area contributed by atoms with Crippen molar-refractivity contribution in [1.82, 2.24) is 0 Å². The molecule has 1 aliphatic heterocycles. The van der Waals surface area contributed by atoms with Crippen LogP contribution in [0.5, 0.6) is 0 Å². The van der Waals surface area contributed by atoms with Crippen LogP contribution in [0.25, 0.3) is 0 Å². The summed E-state index contributed by atoms with van der Waals surface area (Å²) in [5, 5.41) is 0. The molecule has 1 unspecified atom stereocenters.